The second-order valence-corrected chi connectivity index (χ2v) is 9.88. The fraction of sp³-hybridized carbons (Fsp3) is 0.318. The van der Waals surface area contributed by atoms with Crippen LogP contribution in [-0.2, 0) is 14.3 Å². The minimum absolute atomic E-state index is 0.152. The molecule has 8 heteroatoms. The molecule has 0 radical (unpaired) electrons. The molecule has 4 rings (SSSR count). The number of thioether (sulfide) groups is 2. The maximum atomic E-state index is 12.9. The molecule has 2 aromatic rings. The number of nitrogens with one attached hydrogen (secondary N) is 1. The molecular weight excluding hydrogens is 420 g/mol. The van der Waals surface area contributed by atoms with Crippen molar-refractivity contribution >= 4 is 52.7 Å². The van der Waals surface area contributed by atoms with Gasteiger partial charge in [0.1, 0.15) is 0 Å². The van der Waals surface area contributed by atoms with Crippen molar-refractivity contribution in [2.75, 3.05) is 28.3 Å². The predicted molar refractivity (Wildman–Crippen MR) is 121 cm³/mol. The summed E-state index contributed by atoms with van der Waals surface area (Å²) in [5.74, 6) is 1.23. The first-order valence-corrected chi connectivity index (χ1v) is 11.8. The number of esters is 1. The van der Waals surface area contributed by atoms with Crippen LogP contribution in [0, 0.1) is 0 Å². The minimum atomic E-state index is -0.536. The molecule has 6 nitrogen and oxygen atoms in total. The van der Waals surface area contributed by atoms with Crippen LogP contribution in [0.5, 0.6) is 0 Å². The monoisotopic (exact) mass is 442 g/mol. The van der Waals surface area contributed by atoms with E-state index >= 15 is 0 Å². The van der Waals surface area contributed by atoms with Crippen molar-refractivity contribution in [2.45, 2.75) is 24.0 Å². The summed E-state index contributed by atoms with van der Waals surface area (Å²) in [4.78, 5) is 38.9. The number of benzene rings is 2. The normalized spacial score (nSPS) is 19.0. The Balaban J connectivity index is 1.42. The highest BCUT2D eigenvalue weighted by Gasteiger charge is 2.30. The van der Waals surface area contributed by atoms with Gasteiger partial charge in [-0.3, -0.25) is 9.59 Å². The number of carbonyl (C=O) groups excluding carboxylic acids is 3. The smallest absolute Gasteiger partial charge is 0.338 e. The van der Waals surface area contributed by atoms with E-state index in [2.05, 4.69) is 5.32 Å². The number of ether oxygens (including phenoxy) is 1. The molecule has 0 aliphatic carbocycles. The van der Waals surface area contributed by atoms with Crippen LogP contribution in [0.2, 0.25) is 0 Å². The average molecular weight is 443 g/mol. The van der Waals surface area contributed by atoms with Crippen molar-refractivity contribution in [2.24, 2.45) is 0 Å². The van der Waals surface area contributed by atoms with Crippen LogP contribution in [0.25, 0.3) is 0 Å². The molecule has 1 atom stereocenters. The lowest BCUT2D eigenvalue weighted by molar-refractivity contribution is -0.122. The molecule has 2 heterocycles. The van der Waals surface area contributed by atoms with E-state index in [9.17, 15) is 14.4 Å². The van der Waals surface area contributed by atoms with Gasteiger partial charge in [-0.25, -0.2) is 4.79 Å². The zero-order valence-electron chi connectivity index (χ0n) is 16.5. The van der Waals surface area contributed by atoms with E-state index in [0.29, 0.717) is 21.5 Å². The maximum Gasteiger partial charge on any atom is 0.338 e. The summed E-state index contributed by atoms with van der Waals surface area (Å²) < 4.78 is 5.71. The van der Waals surface area contributed by atoms with Gasteiger partial charge < -0.3 is 15.0 Å². The quantitative estimate of drug-likeness (QED) is 0.719. The van der Waals surface area contributed by atoms with Gasteiger partial charge in [0.2, 0.25) is 5.91 Å². The second-order valence-electron chi connectivity index (χ2n) is 7.15. The van der Waals surface area contributed by atoms with Crippen molar-refractivity contribution < 1.29 is 19.1 Å². The molecule has 0 aromatic heterocycles. The molecule has 2 aromatic carbocycles. The highest BCUT2D eigenvalue weighted by molar-refractivity contribution is 8.19. The van der Waals surface area contributed by atoms with E-state index in [-0.39, 0.29) is 30.9 Å². The van der Waals surface area contributed by atoms with E-state index < -0.39 is 5.97 Å². The van der Waals surface area contributed by atoms with Gasteiger partial charge in [0, 0.05) is 24.0 Å². The lowest BCUT2D eigenvalue weighted by Crippen LogP contribution is -2.41. The van der Waals surface area contributed by atoms with Crippen LogP contribution in [0.15, 0.2) is 48.5 Å². The topological polar surface area (TPSA) is 75.7 Å². The Morgan fingerprint density at radius 1 is 1.10 bits per heavy atom. The number of hydrogen-bond acceptors (Lipinski definition) is 6. The molecule has 1 fully saturated rings. The number of carbonyl (C=O) groups is 3. The number of hydrogen-bond donors (Lipinski definition) is 1. The predicted octanol–water partition coefficient (Wildman–Crippen LogP) is 4.09. The molecule has 156 valence electrons. The van der Waals surface area contributed by atoms with E-state index in [0.717, 1.165) is 11.5 Å². The number of amides is 2. The molecule has 2 aliphatic rings. The molecule has 0 spiro atoms. The standard InChI is InChI=1S/C22H22N2O4S2/c1-14-12-19(25)23-17-4-2-3-5-18(17)24(14)20(26)13-28-21(27)15-6-8-16(9-7-15)22-29-10-11-30-22/h2-9,14,22H,10-13H2,1H3,(H,23,25). The molecule has 1 unspecified atom stereocenters. The third-order valence-electron chi connectivity index (χ3n) is 5.00. The van der Waals surface area contributed by atoms with Crippen molar-refractivity contribution in [1.82, 2.24) is 0 Å². The van der Waals surface area contributed by atoms with Crippen molar-refractivity contribution in [3.05, 3.63) is 59.7 Å². The molecule has 2 aliphatic heterocycles. The van der Waals surface area contributed by atoms with E-state index in [4.69, 9.17) is 4.74 Å². The first kappa shape index (κ1) is 20.8. The van der Waals surface area contributed by atoms with Gasteiger partial charge in [-0.15, -0.1) is 23.5 Å². The Hall–Kier alpha value is -2.45. The van der Waals surface area contributed by atoms with Gasteiger partial charge in [0.05, 0.1) is 21.5 Å². The summed E-state index contributed by atoms with van der Waals surface area (Å²) in [6.45, 7) is 1.42. The van der Waals surface area contributed by atoms with Crippen LogP contribution in [-0.4, -0.2) is 41.9 Å². The highest BCUT2D eigenvalue weighted by atomic mass is 32.2. The minimum Gasteiger partial charge on any atom is -0.452 e. The Kier molecular flexibility index (Phi) is 6.34. The van der Waals surface area contributed by atoms with Gasteiger partial charge in [0.25, 0.3) is 5.91 Å². The fourth-order valence-electron chi connectivity index (χ4n) is 3.58. The van der Waals surface area contributed by atoms with Gasteiger partial charge >= 0.3 is 5.97 Å². The summed E-state index contributed by atoms with van der Waals surface area (Å²) in [5.41, 5.74) is 2.78. The molecule has 0 bridgehead atoms. The van der Waals surface area contributed by atoms with Gasteiger partial charge in [-0.05, 0) is 36.8 Å². The first-order chi connectivity index (χ1) is 14.5. The Bertz CT molecular complexity index is 958. The third kappa shape index (κ3) is 4.49. The van der Waals surface area contributed by atoms with E-state index in [1.165, 1.54) is 10.5 Å². The van der Waals surface area contributed by atoms with Crippen LogP contribution >= 0.6 is 23.5 Å². The number of anilines is 2. The van der Waals surface area contributed by atoms with Crippen LogP contribution in [0.4, 0.5) is 11.4 Å². The van der Waals surface area contributed by atoms with Gasteiger partial charge in [0.15, 0.2) is 6.61 Å². The number of rotatable bonds is 4. The van der Waals surface area contributed by atoms with Gasteiger partial charge in [-0.1, -0.05) is 24.3 Å². The zero-order chi connectivity index (χ0) is 21.1. The maximum absolute atomic E-state index is 12.9. The lowest BCUT2D eigenvalue weighted by atomic mass is 10.1. The average Bonchev–Trinajstić information content (AvgIpc) is 3.24. The van der Waals surface area contributed by atoms with E-state index in [1.807, 2.05) is 35.7 Å². The SMILES string of the molecule is CC1CC(=O)Nc2ccccc2N1C(=O)COC(=O)c1ccc(C2SCCS2)cc1. The zero-order valence-corrected chi connectivity index (χ0v) is 18.1. The third-order valence-corrected chi connectivity index (χ3v) is 8.10. The number of para-hydroxylation sites is 2. The summed E-state index contributed by atoms with van der Waals surface area (Å²) in [6.07, 6.45) is 0.174. The molecule has 0 saturated carbocycles. The number of fused-ring (bicyclic) bond motifs is 1. The largest absolute Gasteiger partial charge is 0.452 e. The van der Waals surface area contributed by atoms with Crippen molar-refractivity contribution in [1.29, 1.82) is 0 Å². The molecule has 1 N–H and O–H groups in total. The summed E-state index contributed by atoms with van der Waals surface area (Å²) >= 11 is 3.81. The van der Waals surface area contributed by atoms with E-state index in [1.54, 1.807) is 43.3 Å². The molecule has 2 amide bonds. The van der Waals surface area contributed by atoms with Crippen LogP contribution < -0.4 is 10.2 Å². The van der Waals surface area contributed by atoms with Gasteiger partial charge in [-0.2, -0.15) is 0 Å². The summed E-state index contributed by atoms with van der Waals surface area (Å²) in [6, 6.07) is 14.1. The Morgan fingerprint density at radius 2 is 1.80 bits per heavy atom. The van der Waals surface area contributed by atoms with Crippen molar-refractivity contribution in [3.63, 3.8) is 0 Å². The van der Waals surface area contributed by atoms with Crippen LogP contribution in [0.3, 0.4) is 0 Å². The van der Waals surface area contributed by atoms with Crippen LogP contribution in [0.1, 0.15) is 33.8 Å². The summed E-state index contributed by atoms with van der Waals surface area (Å²) in [5, 5.41) is 2.81. The molecular formula is C22H22N2O4S2. The fourth-order valence-corrected chi connectivity index (χ4v) is 6.43. The molecule has 1 saturated heterocycles. The number of nitrogens with zero attached hydrogens (tertiary/aromatic N) is 1. The molecule has 30 heavy (non-hydrogen) atoms. The Morgan fingerprint density at radius 3 is 2.53 bits per heavy atom. The van der Waals surface area contributed by atoms with Crippen molar-refractivity contribution in [3.8, 4) is 0 Å². The second kappa shape index (κ2) is 9.14. The first-order valence-electron chi connectivity index (χ1n) is 9.74. The lowest BCUT2D eigenvalue weighted by Gasteiger charge is -2.27. The Labute approximate surface area is 183 Å². The highest BCUT2D eigenvalue weighted by Crippen LogP contribution is 2.45. The summed E-state index contributed by atoms with van der Waals surface area (Å²) in [7, 11) is 0.